The van der Waals surface area contributed by atoms with Crippen molar-refractivity contribution in [1.82, 2.24) is 14.7 Å². The average Bonchev–Trinajstić information content (AvgIpc) is 2.82. The fourth-order valence-electron chi connectivity index (χ4n) is 2.33. The van der Waals surface area contributed by atoms with E-state index < -0.39 is 12.0 Å². The van der Waals surface area contributed by atoms with E-state index >= 15 is 0 Å². The van der Waals surface area contributed by atoms with Gasteiger partial charge in [0.1, 0.15) is 6.04 Å². The van der Waals surface area contributed by atoms with Crippen molar-refractivity contribution in [2.24, 2.45) is 0 Å². The first-order valence-electron chi connectivity index (χ1n) is 6.90. The van der Waals surface area contributed by atoms with Crippen molar-refractivity contribution in [3.8, 4) is 0 Å². The quantitative estimate of drug-likeness (QED) is 0.780. The molecule has 0 spiro atoms. The van der Waals surface area contributed by atoms with Gasteiger partial charge in [0.2, 0.25) is 0 Å². The van der Waals surface area contributed by atoms with Crippen molar-refractivity contribution in [2.75, 3.05) is 40.3 Å². The maximum atomic E-state index is 12.4. The third-order valence-corrected chi connectivity index (χ3v) is 3.36. The number of hydrogen-bond donors (Lipinski definition) is 1. The lowest BCUT2D eigenvalue weighted by atomic mass is 10.2. The van der Waals surface area contributed by atoms with E-state index in [-0.39, 0.29) is 6.03 Å². The molecule has 0 aromatic rings. The molecule has 0 saturated carbocycles. The number of amides is 2. The van der Waals surface area contributed by atoms with Gasteiger partial charge < -0.3 is 19.8 Å². The number of hydrogen-bond acceptors (Lipinski definition) is 3. The fourth-order valence-corrected chi connectivity index (χ4v) is 2.33. The van der Waals surface area contributed by atoms with Gasteiger partial charge >= 0.3 is 12.0 Å². The number of nitrogens with zero attached hydrogens (tertiary/aromatic N) is 3. The molecule has 6 nitrogen and oxygen atoms in total. The number of carbonyl (C=O) groups is 2. The van der Waals surface area contributed by atoms with Crippen LogP contribution in [0.1, 0.15) is 26.2 Å². The molecule has 1 aliphatic rings. The largest absolute Gasteiger partial charge is 0.480 e. The summed E-state index contributed by atoms with van der Waals surface area (Å²) < 4.78 is 0. The maximum Gasteiger partial charge on any atom is 0.326 e. The summed E-state index contributed by atoms with van der Waals surface area (Å²) in [7, 11) is 3.93. The molecule has 1 atom stereocenters. The Kier molecular flexibility index (Phi) is 6.08. The number of aliphatic carboxylic acids is 1. The van der Waals surface area contributed by atoms with Crippen LogP contribution in [-0.2, 0) is 4.79 Å². The molecule has 0 radical (unpaired) electrons. The van der Waals surface area contributed by atoms with Gasteiger partial charge in [-0.25, -0.2) is 9.59 Å². The van der Waals surface area contributed by atoms with E-state index in [9.17, 15) is 9.59 Å². The van der Waals surface area contributed by atoms with Crippen LogP contribution in [-0.4, -0.2) is 78.1 Å². The molecule has 2 amide bonds. The summed E-state index contributed by atoms with van der Waals surface area (Å²) in [6.07, 6.45) is 2.22. The number of likely N-dealkylation sites (tertiary alicyclic amines) is 1. The molecular formula is C13H25N3O3. The van der Waals surface area contributed by atoms with Gasteiger partial charge in [-0.15, -0.1) is 0 Å². The van der Waals surface area contributed by atoms with Gasteiger partial charge in [-0.3, -0.25) is 0 Å². The lowest BCUT2D eigenvalue weighted by Crippen LogP contribution is -2.49. The van der Waals surface area contributed by atoms with Gasteiger partial charge in [-0.2, -0.15) is 0 Å². The van der Waals surface area contributed by atoms with Crippen LogP contribution in [0.15, 0.2) is 0 Å². The van der Waals surface area contributed by atoms with Crippen LogP contribution in [0.3, 0.4) is 0 Å². The van der Waals surface area contributed by atoms with E-state index in [1.165, 1.54) is 4.90 Å². The minimum Gasteiger partial charge on any atom is -0.480 e. The fraction of sp³-hybridized carbons (Fsp3) is 0.846. The highest BCUT2D eigenvalue weighted by atomic mass is 16.4. The SMILES string of the molecule is CCCN(CCN(C)C)C(=O)N1CCC[C@@H]1C(=O)O. The minimum atomic E-state index is -0.894. The maximum absolute atomic E-state index is 12.4. The molecular weight excluding hydrogens is 246 g/mol. The molecule has 6 heteroatoms. The number of carboxylic acids is 1. The number of carbonyl (C=O) groups excluding carboxylic acids is 1. The second kappa shape index (κ2) is 7.33. The Morgan fingerprint density at radius 1 is 1.26 bits per heavy atom. The normalized spacial score (nSPS) is 18.9. The van der Waals surface area contributed by atoms with Crippen LogP contribution in [0.2, 0.25) is 0 Å². The molecule has 1 heterocycles. The van der Waals surface area contributed by atoms with Crippen LogP contribution in [0.25, 0.3) is 0 Å². The number of rotatable bonds is 6. The molecule has 0 aliphatic carbocycles. The summed E-state index contributed by atoms with van der Waals surface area (Å²) in [6.45, 7) is 4.68. The predicted octanol–water partition coefficient (Wildman–Crippen LogP) is 0.929. The average molecular weight is 271 g/mol. The van der Waals surface area contributed by atoms with Gasteiger partial charge in [0.05, 0.1) is 0 Å². The third kappa shape index (κ3) is 4.38. The summed E-state index contributed by atoms with van der Waals surface area (Å²) in [5, 5.41) is 9.14. The highest BCUT2D eigenvalue weighted by Crippen LogP contribution is 2.19. The Morgan fingerprint density at radius 2 is 1.95 bits per heavy atom. The van der Waals surface area contributed by atoms with Crippen molar-refractivity contribution in [3.63, 3.8) is 0 Å². The Bertz CT molecular complexity index is 320. The molecule has 0 aromatic carbocycles. The topological polar surface area (TPSA) is 64.1 Å². The van der Waals surface area contributed by atoms with Crippen molar-refractivity contribution in [2.45, 2.75) is 32.2 Å². The van der Waals surface area contributed by atoms with Crippen LogP contribution < -0.4 is 0 Å². The van der Waals surface area contributed by atoms with Crippen molar-refractivity contribution in [3.05, 3.63) is 0 Å². The summed E-state index contributed by atoms with van der Waals surface area (Å²) in [4.78, 5) is 28.9. The van der Waals surface area contributed by atoms with E-state index in [1.54, 1.807) is 4.90 Å². The lowest BCUT2D eigenvalue weighted by Gasteiger charge is -2.31. The van der Waals surface area contributed by atoms with Gasteiger partial charge in [0, 0.05) is 26.2 Å². The van der Waals surface area contributed by atoms with Crippen LogP contribution >= 0.6 is 0 Å². The zero-order chi connectivity index (χ0) is 14.4. The Balaban J connectivity index is 2.66. The molecule has 0 aromatic heterocycles. The van der Waals surface area contributed by atoms with Crippen molar-refractivity contribution < 1.29 is 14.7 Å². The lowest BCUT2D eigenvalue weighted by molar-refractivity contribution is -0.141. The first kappa shape index (κ1) is 15.8. The van der Waals surface area contributed by atoms with Crippen LogP contribution in [0.4, 0.5) is 4.79 Å². The second-order valence-corrected chi connectivity index (χ2v) is 5.26. The third-order valence-electron chi connectivity index (χ3n) is 3.36. The first-order valence-corrected chi connectivity index (χ1v) is 6.90. The van der Waals surface area contributed by atoms with E-state index in [0.717, 1.165) is 19.4 Å². The number of carboxylic acid groups (broad SMARTS) is 1. The molecule has 1 aliphatic heterocycles. The Labute approximate surface area is 115 Å². The van der Waals surface area contributed by atoms with Gasteiger partial charge in [0.15, 0.2) is 0 Å². The molecule has 1 fully saturated rings. The zero-order valence-electron chi connectivity index (χ0n) is 12.1. The van der Waals surface area contributed by atoms with E-state index in [2.05, 4.69) is 0 Å². The van der Waals surface area contributed by atoms with E-state index in [4.69, 9.17) is 5.11 Å². The van der Waals surface area contributed by atoms with E-state index in [1.807, 2.05) is 25.9 Å². The number of urea groups is 1. The monoisotopic (exact) mass is 271 g/mol. The minimum absolute atomic E-state index is 0.131. The summed E-state index contributed by atoms with van der Waals surface area (Å²) in [5.41, 5.74) is 0. The van der Waals surface area contributed by atoms with Crippen molar-refractivity contribution in [1.29, 1.82) is 0 Å². The van der Waals surface area contributed by atoms with Gasteiger partial charge in [-0.05, 0) is 33.4 Å². The molecule has 1 saturated heterocycles. The smallest absolute Gasteiger partial charge is 0.326 e. The van der Waals surface area contributed by atoms with Gasteiger partial charge in [0.25, 0.3) is 0 Å². The zero-order valence-corrected chi connectivity index (χ0v) is 12.1. The highest BCUT2D eigenvalue weighted by molar-refractivity contribution is 5.83. The Morgan fingerprint density at radius 3 is 2.47 bits per heavy atom. The molecule has 0 bridgehead atoms. The molecule has 1 rings (SSSR count). The van der Waals surface area contributed by atoms with E-state index in [0.29, 0.717) is 26.1 Å². The Hall–Kier alpha value is -1.30. The molecule has 1 N–H and O–H groups in total. The standard InChI is InChI=1S/C13H25N3O3/c1-4-7-15(10-9-14(2)3)13(19)16-8-5-6-11(16)12(17)18/h11H,4-10H2,1-3H3,(H,17,18)/t11-/m1/s1. The molecule has 19 heavy (non-hydrogen) atoms. The van der Waals surface area contributed by atoms with Crippen LogP contribution in [0, 0.1) is 0 Å². The molecule has 0 unspecified atom stereocenters. The first-order chi connectivity index (χ1) is 8.97. The summed E-state index contributed by atoms with van der Waals surface area (Å²) in [6, 6.07) is -0.778. The second-order valence-electron chi connectivity index (χ2n) is 5.26. The highest BCUT2D eigenvalue weighted by Gasteiger charge is 2.35. The summed E-state index contributed by atoms with van der Waals surface area (Å²) >= 11 is 0. The van der Waals surface area contributed by atoms with Crippen LogP contribution in [0.5, 0.6) is 0 Å². The summed E-state index contributed by atoms with van der Waals surface area (Å²) in [5.74, 6) is -0.894. The molecule has 110 valence electrons. The predicted molar refractivity (Wildman–Crippen MR) is 73.2 cm³/mol. The van der Waals surface area contributed by atoms with Crippen molar-refractivity contribution >= 4 is 12.0 Å². The van der Waals surface area contributed by atoms with Gasteiger partial charge in [-0.1, -0.05) is 6.92 Å². The number of likely N-dealkylation sites (N-methyl/N-ethyl adjacent to an activating group) is 1.